The Bertz CT molecular complexity index is 450. The second kappa shape index (κ2) is 5.35. The van der Waals surface area contributed by atoms with Crippen LogP contribution in [0.2, 0.25) is 0 Å². The second-order valence-electron chi connectivity index (χ2n) is 4.73. The summed E-state index contributed by atoms with van der Waals surface area (Å²) in [6.45, 7) is 1.37. The number of amides is 1. The molecule has 1 heterocycles. The number of carbonyl (C=O) groups is 1. The number of carbonyl (C=O) groups excluding carboxylic acids is 1. The van der Waals surface area contributed by atoms with Gasteiger partial charge < -0.3 is 11.5 Å². The fourth-order valence-electron chi connectivity index (χ4n) is 2.43. The lowest BCUT2D eigenvalue weighted by atomic mass is 10.0. The van der Waals surface area contributed by atoms with Gasteiger partial charge >= 0.3 is 0 Å². The van der Waals surface area contributed by atoms with E-state index in [0.29, 0.717) is 12.2 Å². The molecule has 0 aromatic heterocycles. The number of halogens is 1. The zero-order valence-electron chi connectivity index (χ0n) is 10.2. The zero-order chi connectivity index (χ0) is 13.1. The first-order valence-corrected chi connectivity index (χ1v) is 6.15. The topological polar surface area (TPSA) is 72.4 Å². The summed E-state index contributed by atoms with van der Waals surface area (Å²) < 4.78 is 13.0. The highest BCUT2D eigenvalue weighted by Gasteiger charge is 2.27. The lowest BCUT2D eigenvalue weighted by Gasteiger charge is -2.33. The van der Waals surface area contributed by atoms with Crippen LogP contribution in [-0.4, -0.2) is 23.4 Å². The van der Waals surface area contributed by atoms with Crippen molar-refractivity contribution < 1.29 is 9.18 Å². The number of benzene rings is 1. The van der Waals surface area contributed by atoms with Gasteiger partial charge in [-0.25, -0.2) is 4.39 Å². The highest BCUT2D eigenvalue weighted by atomic mass is 19.1. The molecule has 1 aromatic carbocycles. The average molecular weight is 251 g/mol. The molecule has 0 bridgehead atoms. The second-order valence-corrected chi connectivity index (χ2v) is 4.73. The molecule has 4 nitrogen and oxygen atoms in total. The van der Waals surface area contributed by atoms with Gasteiger partial charge in [0.15, 0.2) is 0 Å². The van der Waals surface area contributed by atoms with E-state index in [9.17, 15) is 9.18 Å². The summed E-state index contributed by atoms with van der Waals surface area (Å²) in [4.78, 5) is 13.4. The lowest BCUT2D eigenvalue weighted by Crippen LogP contribution is -2.47. The standard InChI is InChI=1S/C13H18FN3O/c14-10-5-4-9(11(15)7-10)8-17-6-2-1-3-12(17)13(16)18/h4-5,7,12H,1-3,6,8,15H2,(H2,16,18). The van der Waals surface area contributed by atoms with E-state index in [0.717, 1.165) is 31.4 Å². The van der Waals surface area contributed by atoms with Gasteiger partial charge in [-0.2, -0.15) is 0 Å². The summed E-state index contributed by atoms with van der Waals surface area (Å²) >= 11 is 0. The van der Waals surface area contributed by atoms with E-state index in [4.69, 9.17) is 11.5 Å². The Labute approximate surface area is 106 Å². The maximum atomic E-state index is 13.0. The minimum Gasteiger partial charge on any atom is -0.398 e. The van der Waals surface area contributed by atoms with Crippen LogP contribution in [0.1, 0.15) is 24.8 Å². The number of rotatable bonds is 3. The molecule has 1 aliphatic heterocycles. The van der Waals surface area contributed by atoms with Gasteiger partial charge in [-0.1, -0.05) is 12.5 Å². The Morgan fingerprint density at radius 2 is 2.22 bits per heavy atom. The number of nitrogens with zero attached hydrogens (tertiary/aromatic N) is 1. The summed E-state index contributed by atoms with van der Waals surface area (Å²) in [6, 6.07) is 4.12. The highest BCUT2D eigenvalue weighted by molar-refractivity contribution is 5.79. The van der Waals surface area contributed by atoms with E-state index in [2.05, 4.69) is 0 Å². The van der Waals surface area contributed by atoms with Crippen LogP contribution < -0.4 is 11.5 Å². The van der Waals surface area contributed by atoms with Crippen molar-refractivity contribution in [3.63, 3.8) is 0 Å². The number of hydrogen-bond donors (Lipinski definition) is 2. The van der Waals surface area contributed by atoms with Gasteiger partial charge in [0.2, 0.25) is 5.91 Å². The first-order chi connectivity index (χ1) is 8.58. The third-order valence-corrected chi connectivity index (χ3v) is 3.42. The smallest absolute Gasteiger partial charge is 0.234 e. The molecule has 2 rings (SSSR count). The molecule has 1 atom stereocenters. The molecule has 5 heteroatoms. The van der Waals surface area contributed by atoms with Crippen molar-refractivity contribution in [3.8, 4) is 0 Å². The largest absolute Gasteiger partial charge is 0.398 e. The van der Waals surface area contributed by atoms with Crippen molar-refractivity contribution in [2.24, 2.45) is 5.73 Å². The van der Waals surface area contributed by atoms with Gasteiger partial charge in [-0.05, 0) is 37.1 Å². The molecule has 0 spiro atoms. The number of piperidine rings is 1. The summed E-state index contributed by atoms with van der Waals surface area (Å²) in [5.74, 6) is -0.642. The monoisotopic (exact) mass is 251 g/mol. The predicted molar refractivity (Wildman–Crippen MR) is 68.1 cm³/mol. The zero-order valence-corrected chi connectivity index (χ0v) is 10.2. The molecule has 1 unspecified atom stereocenters. The number of nitrogen functional groups attached to an aromatic ring is 1. The number of hydrogen-bond acceptors (Lipinski definition) is 3. The molecule has 1 fully saturated rings. The average Bonchev–Trinajstić information content (AvgIpc) is 2.33. The number of nitrogens with two attached hydrogens (primary N) is 2. The van der Waals surface area contributed by atoms with Gasteiger partial charge in [0.25, 0.3) is 0 Å². The van der Waals surface area contributed by atoms with Crippen molar-refractivity contribution in [2.45, 2.75) is 31.8 Å². The fraction of sp³-hybridized carbons (Fsp3) is 0.462. The minimum absolute atomic E-state index is 0.233. The van der Waals surface area contributed by atoms with Crippen LogP contribution in [0.3, 0.4) is 0 Å². The maximum absolute atomic E-state index is 13.0. The first kappa shape index (κ1) is 12.8. The highest BCUT2D eigenvalue weighted by Crippen LogP contribution is 2.22. The maximum Gasteiger partial charge on any atom is 0.234 e. The Kier molecular flexibility index (Phi) is 3.81. The molecule has 1 saturated heterocycles. The van der Waals surface area contributed by atoms with Gasteiger partial charge in [-0.3, -0.25) is 9.69 Å². The van der Waals surface area contributed by atoms with E-state index in [1.807, 2.05) is 4.90 Å². The van der Waals surface area contributed by atoms with E-state index < -0.39 is 0 Å². The lowest BCUT2D eigenvalue weighted by molar-refractivity contribution is -0.124. The minimum atomic E-state index is -0.346. The van der Waals surface area contributed by atoms with Crippen molar-refractivity contribution in [3.05, 3.63) is 29.6 Å². The Morgan fingerprint density at radius 1 is 1.44 bits per heavy atom. The van der Waals surface area contributed by atoms with E-state index >= 15 is 0 Å². The van der Waals surface area contributed by atoms with E-state index in [1.165, 1.54) is 12.1 Å². The Hall–Kier alpha value is -1.62. The van der Waals surface area contributed by atoms with Crippen molar-refractivity contribution in [1.82, 2.24) is 4.90 Å². The quantitative estimate of drug-likeness (QED) is 0.794. The van der Waals surface area contributed by atoms with Gasteiger partial charge in [0.05, 0.1) is 6.04 Å². The third-order valence-electron chi connectivity index (χ3n) is 3.42. The molecule has 0 radical (unpaired) electrons. The first-order valence-electron chi connectivity index (χ1n) is 6.15. The molecular weight excluding hydrogens is 233 g/mol. The fourth-order valence-corrected chi connectivity index (χ4v) is 2.43. The number of anilines is 1. The van der Waals surface area contributed by atoms with Crippen LogP contribution in [0.5, 0.6) is 0 Å². The van der Waals surface area contributed by atoms with Gasteiger partial charge in [0.1, 0.15) is 5.82 Å². The Balaban J connectivity index is 2.13. The predicted octanol–water partition coefficient (Wildman–Crippen LogP) is 1.25. The number of likely N-dealkylation sites (tertiary alicyclic amines) is 1. The summed E-state index contributed by atoms with van der Waals surface area (Å²) in [7, 11) is 0. The molecular formula is C13H18FN3O. The third kappa shape index (κ3) is 2.79. The van der Waals surface area contributed by atoms with E-state index in [1.54, 1.807) is 6.07 Å². The van der Waals surface area contributed by atoms with Crippen LogP contribution >= 0.6 is 0 Å². The number of primary amides is 1. The van der Waals surface area contributed by atoms with Crippen molar-refractivity contribution in [2.75, 3.05) is 12.3 Å². The van der Waals surface area contributed by atoms with Crippen LogP contribution in [0.25, 0.3) is 0 Å². The van der Waals surface area contributed by atoms with Crippen molar-refractivity contribution in [1.29, 1.82) is 0 Å². The molecule has 1 aromatic rings. The SMILES string of the molecule is NC(=O)C1CCCCN1Cc1ccc(F)cc1N. The summed E-state index contributed by atoms with van der Waals surface area (Å²) in [5.41, 5.74) is 12.4. The normalized spacial score (nSPS) is 20.8. The van der Waals surface area contributed by atoms with E-state index in [-0.39, 0.29) is 17.8 Å². The molecule has 4 N–H and O–H groups in total. The van der Waals surface area contributed by atoms with Crippen LogP contribution in [0.15, 0.2) is 18.2 Å². The Morgan fingerprint density at radius 3 is 2.89 bits per heavy atom. The molecule has 0 aliphatic carbocycles. The molecule has 0 saturated carbocycles. The summed E-state index contributed by atoms with van der Waals surface area (Å²) in [5, 5.41) is 0. The molecule has 1 aliphatic rings. The van der Waals surface area contributed by atoms with Crippen LogP contribution in [0, 0.1) is 5.82 Å². The molecule has 98 valence electrons. The van der Waals surface area contributed by atoms with Crippen LogP contribution in [0.4, 0.5) is 10.1 Å². The van der Waals surface area contributed by atoms with Gasteiger partial charge in [0, 0.05) is 12.2 Å². The molecule has 18 heavy (non-hydrogen) atoms. The summed E-state index contributed by atoms with van der Waals surface area (Å²) in [6.07, 6.45) is 2.85. The van der Waals surface area contributed by atoms with Gasteiger partial charge in [-0.15, -0.1) is 0 Å². The van der Waals surface area contributed by atoms with Crippen molar-refractivity contribution >= 4 is 11.6 Å². The molecule has 1 amide bonds. The van der Waals surface area contributed by atoms with Crippen LogP contribution in [-0.2, 0) is 11.3 Å².